The number of rotatable bonds is 9. The zero-order valence-electron chi connectivity index (χ0n) is 18.8. The number of methoxy groups -OCH3 is 1. The second-order valence-corrected chi connectivity index (χ2v) is 8.18. The van der Waals surface area contributed by atoms with E-state index in [-0.39, 0.29) is 28.7 Å². The number of hydrogen-bond donors (Lipinski definition) is 3. The van der Waals surface area contributed by atoms with Crippen molar-refractivity contribution < 1.29 is 19.1 Å². The fraction of sp³-hybridized carbons (Fsp3) is 0.261. The van der Waals surface area contributed by atoms with Crippen molar-refractivity contribution >= 4 is 45.9 Å². The van der Waals surface area contributed by atoms with E-state index in [4.69, 9.17) is 4.74 Å². The van der Waals surface area contributed by atoms with Crippen LogP contribution < -0.4 is 26.5 Å². The Kier molecular flexibility index (Phi) is 8.63. The molecule has 0 spiro atoms. The number of amides is 3. The molecule has 0 atom stereocenters. The summed E-state index contributed by atoms with van der Waals surface area (Å²) < 4.78 is 6.31. The van der Waals surface area contributed by atoms with E-state index >= 15 is 0 Å². The summed E-state index contributed by atoms with van der Waals surface area (Å²) in [6, 6.07) is 13.6. The zero-order valence-corrected chi connectivity index (χ0v) is 19.6. The van der Waals surface area contributed by atoms with E-state index in [1.165, 1.54) is 4.68 Å². The highest BCUT2D eigenvalue weighted by atomic mass is 32.2. The summed E-state index contributed by atoms with van der Waals surface area (Å²) in [5.41, 5.74) is 5.02. The van der Waals surface area contributed by atoms with Crippen LogP contribution >= 0.6 is 11.8 Å². The lowest BCUT2D eigenvalue weighted by Crippen LogP contribution is -2.43. The van der Waals surface area contributed by atoms with Crippen LogP contribution in [-0.4, -0.2) is 46.1 Å². The second kappa shape index (κ2) is 11.8. The van der Waals surface area contributed by atoms with Crippen LogP contribution in [0.15, 0.2) is 53.3 Å². The van der Waals surface area contributed by atoms with E-state index in [0.717, 1.165) is 11.8 Å². The van der Waals surface area contributed by atoms with Gasteiger partial charge in [0.1, 0.15) is 5.75 Å². The standard InChI is InChI=1S/C23H25N5O5S/c1-3-12-28-23(32)18-7-5-4-6-17(18)21(27-28)22(31)26-25-20(30)14-34-13-19(29)24-15-8-10-16(33-2)11-9-15/h4-11H,3,12-14H2,1-2H3,(H,24,29)(H,25,30)(H,26,31). The fourth-order valence-corrected chi connectivity index (χ4v) is 3.71. The van der Waals surface area contributed by atoms with Gasteiger partial charge in [0.05, 0.1) is 24.0 Å². The molecule has 178 valence electrons. The van der Waals surface area contributed by atoms with Crippen LogP contribution in [0.2, 0.25) is 0 Å². The number of nitrogens with one attached hydrogen (secondary N) is 3. The largest absolute Gasteiger partial charge is 0.497 e. The number of anilines is 1. The Balaban J connectivity index is 1.51. The number of thioether (sulfide) groups is 1. The molecule has 11 heteroatoms. The van der Waals surface area contributed by atoms with Crippen molar-refractivity contribution in [3.05, 3.63) is 64.6 Å². The zero-order chi connectivity index (χ0) is 24.5. The quantitative estimate of drug-likeness (QED) is 0.397. The van der Waals surface area contributed by atoms with Crippen molar-refractivity contribution in [1.82, 2.24) is 20.6 Å². The van der Waals surface area contributed by atoms with Crippen LogP contribution in [0.25, 0.3) is 10.8 Å². The van der Waals surface area contributed by atoms with Crippen molar-refractivity contribution in [2.24, 2.45) is 0 Å². The molecule has 0 radical (unpaired) electrons. The maximum atomic E-state index is 12.7. The fourth-order valence-electron chi connectivity index (χ4n) is 3.10. The van der Waals surface area contributed by atoms with Gasteiger partial charge in [-0.1, -0.05) is 25.1 Å². The second-order valence-electron chi connectivity index (χ2n) is 7.19. The van der Waals surface area contributed by atoms with Gasteiger partial charge in [-0.15, -0.1) is 11.8 Å². The van der Waals surface area contributed by atoms with Crippen molar-refractivity contribution in [2.75, 3.05) is 23.9 Å². The lowest BCUT2D eigenvalue weighted by Gasteiger charge is -2.11. The summed E-state index contributed by atoms with van der Waals surface area (Å²) >= 11 is 1.10. The van der Waals surface area contributed by atoms with Gasteiger partial charge < -0.3 is 10.1 Å². The smallest absolute Gasteiger partial charge is 0.290 e. The van der Waals surface area contributed by atoms with Gasteiger partial charge >= 0.3 is 0 Å². The van der Waals surface area contributed by atoms with Gasteiger partial charge in [0.2, 0.25) is 11.8 Å². The monoisotopic (exact) mass is 483 g/mol. The van der Waals surface area contributed by atoms with E-state index in [9.17, 15) is 19.2 Å². The molecule has 0 aliphatic heterocycles. The van der Waals surface area contributed by atoms with Crippen molar-refractivity contribution in [2.45, 2.75) is 19.9 Å². The Morgan fingerprint density at radius 1 is 0.971 bits per heavy atom. The van der Waals surface area contributed by atoms with Crippen molar-refractivity contribution in [1.29, 1.82) is 0 Å². The van der Waals surface area contributed by atoms with Crippen LogP contribution in [0.4, 0.5) is 5.69 Å². The van der Waals surface area contributed by atoms with Gasteiger partial charge in [-0.25, -0.2) is 4.68 Å². The molecule has 0 aliphatic rings. The highest BCUT2D eigenvalue weighted by Crippen LogP contribution is 2.15. The first-order valence-corrected chi connectivity index (χ1v) is 11.7. The molecule has 10 nitrogen and oxygen atoms in total. The molecule has 34 heavy (non-hydrogen) atoms. The molecular weight excluding hydrogens is 458 g/mol. The molecule has 2 aromatic carbocycles. The molecule has 3 aromatic rings. The molecule has 1 heterocycles. The highest BCUT2D eigenvalue weighted by Gasteiger charge is 2.17. The average Bonchev–Trinajstić information content (AvgIpc) is 2.85. The maximum absolute atomic E-state index is 12.7. The summed E-state index contributed by atoms with van der Waals surface area (Å²) in [5.74, 6) is -0.695. The van der Waals surface area contributed by atoms with Gasteiger partial charge in [0.25, 0.3) is 11.5 Å². The molecule has 3 amide bonds. The summed E-state index contributed by atoms with van der Waals surface area (Å²) in [7, 11) is 1.56. The topological polar surface area (TPSA) is 131 Å². The molecule has 3 rings (SSSR count). The Morgan fingerprint density at radius 3 is 2.32 bits per heavy atom. The molecule has 0 saturated heterocycles. The Bertz CT molecular complexity index is 1240. The van der Waals surface area contributed by atoms with Crippen LogP contribution in [0.3, 0.4) is 0 Å². The number of carbonyl (C=O) groups is 3. The number of fused-ring (bicyclic) bond motifs is 1. The van der Waals surface area contributed by atoms with Gasteiger partial charge in [0, 0.05) is 17.6 Å². The predicted molar refractivity (Wildman–Crippen MR) is 131 cm³/mol. The Hall–Kier alpha value is -3.86. The van der Waals surface area contributed by atoms with Gasteiger partial charge in [0.15, 0.2) is 5.69 Å². The van der Waals surface area contributed by atoms with Gasteiger partial charge in [-0.05, 0) is 36.8 Å². The van der Waals surface area contributed by atoms with E-state index in [0.29, 0.717) is 35.2 Å². The Morgan fingerprint density at radius 2 is 1.65 bits per heavy atom. The number of hydrazine groups is 1. The molecule has 0 fully saturated rings. The normalized spacial score (nSPS) is 10.5. The number of carbonyl (C=O) groups excluding carboxylic acids is 3. The van der Waals surface area contributed by atoms with E-state index in [1.807, 2.05) is 6.92 Å². The van der Waals surface area contributed by atoms with Crippen LogP contribution in [0.1, 0.15) is 23.8 Å². The van der Waals surface area contributed by atoms with Gasteiger partial charge in [-0.2, -0.15) is 5.10 Å². The summed E-state index contributed by atoms with van der Waals surface area (Å²) in [4.78, 5) is 49.4. The minimum absolute atomic E-state index is 0.0375. The molecular formula is C23H25N5O5S. The molecule has 3 N–H and O–H groups in total. The summed E-state index contributed by atoms with van der Waals surface area (Å²) in [6.07, 6.45) is 0.673. The highest BCUT2D eigenvalue weighted by molar-refractivity contribution is 8.00. The first-order valence-electron chi connectivity index (χ1n) is 10.5. The van der Waals surface area contributed by atoms with Crippen LogP contribution in [0, 0.1) is 0 Å². The third-order valence-corrected chi connectivity index (χ3v) is 5.61. The minimum Gasteiger partial charge on any atom is -0.497 e. The molecule has 0 aliphatic carbocycles. The van der Waals surface area contributed by atoms with Crippen LogP contribution in [-0.2, 0) is 16.1 Å². The van der Waals surface area contributed by atoms with E-state index < -0.39 is 11.8 Å². The lowest BCUT2D eigenvalue weighted by molar-refractivity contribution is -0.119. The number of benzene rings is 2. The third kappa shape index (κ3) is 6.35. The van der Waals surface area contributed by atoms with E-state index in [1.54, 1.807) is 55.6 Å². The summed E-state index contributed by atoms with van der Waals surface area (Å²) in [6.45, 7) is 2.27. The lowest BCUT2D eigenvalue weighted by atomic mass is 10.1. The number of hydrogen-bond acceptors (Lipinski definition) is 7. The number of aryl methyl sites for hydroxylation is 1. The first-order chi connectivity index (χ1) is 16.4. The first kappa shape index (κ1) is 24.8. The minimum atomic E-state index is -0.642. The molecule has 0 unspecified atom stereocenters. The van der Waals surface area contributed by atoms with Crippen molar-refractivity contribution in [3.63, 3.8) is 0 Å². The van der Waals surface area contributed by atoms with E-state index in [2.05, 4.69) is 21.3 Å². The summed E-state index contributed by atoms with van der Waals surface area (Å²) in [5, 5.41) is 7.68. The van der Waals surface area contributed by atoms with Crippen molar-refractivity contribution in [3.8, 4) is 5.75 Å². The predicted octanol–water partition coefficient (Wildman–Crippen LogP) is 1.95. The molecule has 1 aromatic heterocycles. The average molecular weight is 484 g/mol. The number of aromatic nitrogens is 2. The number of ether oxygens (including phenoxy) is 1. The SMILES string of the molecule is CCCn1nc(C(=O)NNC(=O)CSCC(=O)Nc2ccc(OC)cc2)c2ccccc2c1=O. The Labute approximate surface area is 200 Å². The molecule has 0 saturated carbocycles. The third-order valence-electron chi connectivity index (χ3n) is 4.67. The number of nitrogens with zero attached hydrogens (tertiary/aromatic N) is 2. The van der Waals surface area contributed by atoms with Crippen LogP contribution in [0.5, 0.6) is 5.75 Å². The van der Waals surface area contributed by atoms with Gasteiger partial charge in [-0.3, -0.25) is 30.0 Å². The maximum Gasteiger partial charge on any atom is 0.290 e. The molecule has 0 bridgehead atoms.